The molecule has 0 radical (unpaired) electrons. The topological polar surface area (TPSA) is 49.8 Å². The van der Waals surface area contributed by atoms with Crippen LogP contribution in [0.2, 0.25) is 0 Å². The average molecular weight is 213 g/mol. The second kappa shape index (κ2) is 4.10. The minimum absolute atomic E-state index is 0.291. The molecule has 1 unspecified atom stereocenters. The number of rotatable bonds is 3. The molecule has 0 amide bonds. The Labute approximate surface area is 90.2 Å². The third kappa shape index (κ3) is 1.76. The van der Waals surface area contributed by atoms with Crippen molar-refractivity contribution in [3.63, 3.8) is 0 Å². The maximum atomic E-state index is 11.4. The summed E-state index contributed by atoms with van der Waals surface area (Å²) in [5.41, 5.74) is -0.613. The van der Waals surface area contributed by atoms with Gasteiger partial charge in [0, 0.05) is 12.6 Å². The third-order valence-electron chi connectivity index (χ3n) is 3.96. The van der Waals surface area contributed by atoms with Gasteiger partial charge >= 0.3 is 5.97 Å². The summed E-state index contributed by atoms with van der Waals surface area (Å²) in [6.07, 6.45) is 4.60. The Morgan fingerprint density at radius 2 is 2.13 bits per heavy atom. The number of nitrogens with zero attached hydrogens (tertiary/aromatic N) is 1. The lowest BCUT2D eigenvalue weighted by molar-refractivity contribution is -0.152. The van der Waals surface area contributed by atoms with E-state index in [2.05, 4.69) is 4.90 Å². The van der Waals surface area contributed by atoms with Gasteiger partial charge in [0.05, 0.1) is 6.61 Å². The van der Waals surface area contributed by atoms with Crippen molar-refractivity contribution >= 4 is 5.97 Å². The predicted molar refractivity (Wildman–Crippen MR) is 55.8 cm³/mol. The lowest BCUT2D eigenvalue weighted by Gasteiger charge is -2.38. The Bertz CT molecular complexity index is 242. The van der Waals surface area contributed by atoms with Crippen molar-refractivity contribution in [1.29, 1.82) is 0 Å². The van der Waals surface area contributed by atoms with Crippen LogP contribution in [0.1, 0.15) is 32.1 Å². The van der Waals surface area contributed by atoms with Gasteiger partial charge in [-0.05, 0) is 26.3 Å². The maximum absolute atomic E-state index is 11.4. The quantitative estimate of drug-likeness (QED) is 0.763. The Hall–Kier alpha value is -0.610. The van der Waals surface area contributed by atoms with Crippen LogP contribution in [0.25, 0.3) is 0 Å². The molecule has 1 aliphatic heterocycles. The predicted octanol–water partition coefficient (Wildman–Crippen LogP) is 1.10. The van der Waals surface area contributed by atoms with Crippen molar-refractivity contribution in [1.82, 2.24) is 4.90 Å². The Morgan fingerprint density at radius 3 is 2.60 bits per heavy atom. The molecule has 4 heteroatoms. The SMILES string of the molecule is CN(C1CCOC1)C1(C(=O)O)CCCC1. The van der Waals surface area contributed by atoms with Crippen molar-refractivity contribution < 1.29 is 14.6 Å². The molecule has 1 saturated carbocycles. The van der Waals surface area contributed by atoms with Crippen molar-refractivity contribution in [2.24, 2.45) is 0 Å². The van der Waals surface area contributed by atoms with Gasteiger partial charge in [-0.1, -0.05) is 12.8 Å². The largest absolute Gasteiger partial charge is 0.480 e. The van der Waals surface area contributed by atoms with Crippen LogP contribution in [0.3, 0.4) is 0 Å². The minimum atomic E-state index is -0.658. The fourth-order valence-electron chi connectivity index (χ4n) is 2.85. The second-order valence-electron chi connectivity index (χ2n) is 4.67. The molecular weight excluding hydrogens is 194 g/mol. The molecular formula is C11H19NO3. The fraction of sp³-hybridized carbons (Fsp3) is 0.909. The zero-order valence-corrected chi connectivity index (χ0v) is 9.24. The molecule has 86 valence electrons. The Balaban J connectivity index is 2.13. The van der Waals surface area contributed by atoms with Gasteiger partial charge in [-0.25, -0.2) is 0 Å². The first-order valence-corrected chi connectivity index (χ1v) is 5.71. The van der Waals surface area contributed by atoms with E-state index in [1.54, 1.807) is 0 Å². The monoisotopic (exact) mass is 213 g/mol. The third-order valence-corrected chi connectivity index (χ3v) is 3.96. The van der Waals surface area contributed by atoms with Crippen LogP contribution in [0, 0.1) is 0 Å². The van der Waals surface area contributed by atoms with E-state index >= 15 is 0 Å². The summed E-state index contributed by atoms with van der Waals surface area (Å²) in [7, 11) is 1.94. The summed E-state index contributed by atoms with van der Waals surface area (Å²) in [6.45, 7) is 1.45. The standard InChI is InChI=1S/C11H19NO3/c1-12(9-4-7-15-8-9)11(10(13)14)5-2-3-6-11/h9H,2-8H2,1H3,(H,13,14). The van der Waals surface area contributed by atoms with Gasteiger partial charge in [-0.2, -0.15) is 0 Å². The number of hydrogen-bond donors (Lipinski definition) is 1. The summed E-state index contributed by atoms with van der Waals surface area (Å²) < 4.78 is 5.33. The van der Waals surface area contributed by atoms with E-state index in [1.807, 2.05) is 7.05 Å². The zero-order chi connectivity index (χ0) is 10.9. The highest BCUT2D eigenvalue weighted by molar-refractivity contribution is 5.79. The highest BCUT2D eigenvalue weighted by Gasteiger charge is 2.47. The summed E-state index contributed by atoms with van der Waals surface area (Å²) in [5.74, 6) is -0.658. The molecule has 15 heavy (non-hydrogen) atoms. The van der Waals surface area contributed by atoms with E-state index in [0.29, 0.717) is 12.6 Å². The summed E-state index contributed by atoms with van der Waals surface area (Å²) in [6, 6.07) is 0.291. The molecule has 2 aliphatic rings. The first-order chi connectivity index (χ1) is 7.17. The van der Waals surface area contributed by atoms with Crippen LogP contribution < -0.4 is 0 Å². The van der Waals surface area contributed by atoms with E-state index in [0.717, 1.165) is 38.7 Å². The summed E-state index contributed by atoms with van der Waals surface area (Å²) >= 11 is 0. The van der Waals surface area contributed by atoms with Crippen LogP contribution in [-0.4, -0.2) is 47.8 Å². The first kappa shape index (κ1) is 10.9. The molecule has 1 heterocycles. The van der Waals surface area contributed by atoms with Crippen LogP contribution in [0.15, 0.2) is 0 Å². The van der Waals surface area contributed by atoms with Gasteiger partial charge in [0.25, 0.3) is 0 Å². The molecule has 1 N–H and O–H groups in total. The minimum Gasteiger partial charge on any atom is -0.480 e. The van der Waals surface area contributed by atoms with E-state index in [-0.39, 0.29) is 0 Å². The van der Waals surface area contributed by atoms with Crippen molar-refractivity contribution in [3.8, 4) is 0 Å². The maximum Gasteiger partial charge on any atom is 0.324 e. The van der Waals surface area contributed by atoms with Gasteiger partial charge in [0.15, 0.2) is 0 Å². The fourth-order valence-corrected chi connectivity index (χ4v) is 2.85. The van der Waals surface area contributed by atoms with Crippen molar-refractivity contribution in [2.75, 3.05) is 20.3 Å². The average Bonchev–Trinajstić information content (AvgIpc) is 2.89. The summed E-state index contributed by atoms with van der Waals surface area (Å²) in [5, 5.41) is 9.41. The number of hydrogen-bond acceptors (Lipinski definition) is 3. The molecule has 2 fully saturated rings. The second-order valence-corrected chi connectivity index (χ2v) is 4.67. The van der Waals surface area contributed by atoms with E-state index in [9.17, 15) is 9.90 Å². The van der Waals surface area contributed by atoms with Crippen LogP contribution in [0.5, 0.6) is 0 Å². The van der Waals surface area contributed by atoms with Gasteiger partial charge in [0.2, 0.25) is 0 Å². The molecule has 0 aromatic heterocycles. The van der Waals surface area contributed by atoms with E-state index in [1.165, 1.54) is 0 Å². The number of likely N-dealkylation sites (N-methyl/N-ethyl adjacent to an activating group) is 1. The molecule has 1 aliphatic carbocycles. The molecule has 0 spiro atoms. The highest BCUT2D eigenvalue weighted by atomic mass is 16.5. The van der Waals surface area contributed by atoms with Gasteiger partial charge in [0.1, 0.15) is 5.54 Å². The number of carbonyl (C=O) groups is 1. The molecule has 1 saturated heterocycles. The molecule has 0 aromatic rings. The molecule has 4 nitrogen and oxygen atoms in total. The smallest absolute Gasteiger partial charge is 0.324 e. The van der Waals surface area contributed by atoms with Gasteiger partial charge in [-0.3, -0.25) is 9.69 Å². The Kier molecular flexibility index (Phi) is 2.98. The van der Waals surface area contributed by atoms with E-state index < -0.39 is 11.5 Å². The zero-order valence-electron chi connectivity index (χ0n) is 9.24. The molecule has 0 bridgehead atoms. The number of carboxylic acids is 1. The first-order valence-electron chi connectivity index (χ1n) is 5.71. The number of carboxylic acid groups (broad SMARTS) is 1. The lowest BCUT2D eigenvalue weighted by Crippen LogP contribution is -2.55. The van der Waals surface area contributed by atoms with Crippen LogP contribution >= 0.6 is 0 Å². The van der Waals surface area contributed by atoms with Crippen molar-refractivity contribution in [3.05, 3.63) is 0 Å². The van der Waals surface area contributed by atoms with Crippen LogP contribution in [-0.2, 0) is 9.53 Å². The molecule has 0 aromatic carbocycles. The normalized spacial score (nSPS) is 29.9. The van der Waals surface area contributed by atoms with Gasteiger partial charge < -0.3 is 9.84 Å². The Morgan fingerprint density at radius 1 is 1.47 bits per heavy atom. The highest BCUT2D eigenvalue weighted by Crippen LogP contribution is 2.37. The summed E-state index contributed by atoms with van der Waals surface area (Å²) in [4.78, 5) is 13.5. The lowest BCUT2D eigenvalue weighted by atomic mass is 9.93. The van der Waals surface area contributed by atoms with E-state index in [4.69, 9.17) is 4.74 Å². The number of ether oxygens (including phenoxy) is 1. The molecule has 1 atom stereocenters. The van der Waals surface area contributed by atoms with Crippen molar-refractivity contribution in [2.45, 2.75) is 43.7 Å². The number of aliphatic carboxylic acids is 1. The molecule has 2 rings (SSSR count). The van der Waals surface area contributed by atoms with Crippen LogP contribution in [0.4, 0.5) is 0 Å². The van der Waals surface area contributed by atoms with Gasteiger partial charge in [-0.15, -0.1) is 0 Å².